The van der Waals surface area contributed by atoms with E-state index in [9.17, 15) is 15.0 Å². The third-order valence-corrected chi connectivity index (χ3v) is 10.4. The third kappa shape index (κ3) is 38.1. The van der Waals surface area contributed by atoms with Crippen molar-refractivity contribution in [1.82, 2.24) is 5.32 Å². The highest BCUT2D eigenvalue weighted by Crippen LogP contribution is 2.16. The molecule has 0 aromatic heterocycles. The number of nitrogens with one attached hydrogen (secondary N) is 1. The summed E-state index contributed by atoms with van der Waals surface area (Å²) in [6.07, 6.45) is 54.5. The predicted octanol–water partition coefficient (Wildman–Crippen LogP) is 14.0. The van der Waals surface area contributed by atoms with Crippen LogP contribution in [0.25, 0.3) is 0 Å². The first-order chi connectivity index (χ1) is 24.7. The molecule has 2 unspecified atom stereocenters. The van der Waals surface area contributed by atoms with Gasteiger partial charge in [-0.25, -0.2) is 0 Å². The maximum atomic E-state index is 12.3. The zero-order valence-electron chi connectivity index (χ0n) is 33.9. The van der Waals surface area contributed by atoms with E-state index in [4.69, 9.17) is 0 Å². The molecule has 0 radical (unpaired) electrons. The minimum atomic E-state index is -0.857. The van der Waals surface area contributed by atoms with E-state index in [2.05, 4.69) is 31.3 Å². The van der Waals surface area contributed by atoms with Gasteiger partial charge >= 0.3 is 0 Å². The molecule has 0 rings (SSSR count). The second-order valence-electron chi connectivity index (χ2n) is 15.5. The molecule has 296 valence electrons. The van der Waals surface area contributed by atoms with E-state index in [1.165, 1.54) is 193 Å². The van der Waals surface area contributed by atoms with Crippen LogP contribution < -0.4 is 5.32 Å². The van der Waals surface area contributed by atoms with Crippen molar-refractivity contribution in [3.63, 3.8) is 0 Å². The van der Waals surface area contributed by atoms with Crippen molar-refractivity contribution in [2.45, 2.75) is 257 Å². The Labute approximate surface area is 313 Å². The van der Waals surface area contributed by atoms with Gasteiger partial charge in [0.1, 0.15) is 0 Å². The van der Waals surface area contributed by atoms with Crippen LogP contribution in [0.4, 0.5) is 0 Å². The molecule has 4 nitrogen and oxygen atoms in total. The molecule has 0 saturated carbocycles. The summed E-state index contributed by atoms with van der Waals surface area (Å²) in [4.78, 5) is 12.3. The van der Waals surface area contributed by atoms with Gasteiger partial charge in [-0.05, 0) is 32.1 Å². The fourth-order valence-corrected chi connectivity index (χ4v) is 6.96. The predicted molar refractivity (Wildman–Crippen MR) is 221 cm³/mol. The molecule has 0 fully saturated rings. The Morgan fingerprint density at radius 1 is 0.460 bits per heavy atom. The maximum absolute atomic E-state index is 12.3. The van der Waals surface area contributed by atoms with Crippen molar-refractivity contribution < 1.29 is 15.0 Å². The zero-order valence-corrected chi connectivity index (χ0v) is 33.9. The Hall–Kier alpha value is -1.13. The lowest BCUT2D eigenvalue weighted by molar-refractivity contribution is -0.123. The van der Waals surface area contributed by atoms with E-state index in [0.717, 1.165) is 32.1 Å². The van der Waals surface area contributed by atoms with Gasteiger partial charge in [0.15, 0.2) is 0 Å². The van der Waals surface area contributed by atoms with Crippen LogP contribution in [0.15, 0.2) is 24.3 Å². The largest absolute Gasteiger partial charge is 0.394 e. The van der Waals surface area contributed by atoms with Crippen LogP contribution in [0.3, 0.4) is 0 Å². The molecule has 0 spiro atoms. The first-order valence-corrected chi connectivity index (χ1v) is 22.6. The standard InChI is InChI=1S/C46H89NO3/c1-3-5-7-9-11-13-15-16-17-18-19-20-21-22-23-24-25-26-27-28-29-30-31-32-33-35-37-39-41-45(49)44(43-48)47-46(50)42-40-38-36-34-14-12-10-8-6-4-2/h32-33,39,41,44-45,48-49H,3-31,34-38,40,42-43H2,1-2H3,(H,47,50)/b33-32+,41-39+. The van der Waals surface area contributed by atoms with Crippen LogP contribution in [0, 0.1) is 0 Å². The Balaban J connectivity index is 3.50. The summed E-state index contributed by atoms with van der Waals surface area (Å²) in [5.41, 5.74) is 0. The molecule has 0 heterocycles. The van der Waals surface area contributed by atoms with E-state index in [-0.39, 0.29) is 12.5 Å². The first kappa shape index (κ1) is 48.9. The summed E-state index contributed by atoms with van der Waals surface area (Å²) in [6.45, 7) is 4.29. The van der Waals surface area contributed by atoms with E-state index in [0.29, 0.717) is 6.42 Å². The number of unbranched alkanes of at least 4 members (excludes halogenated alkanes) is 32. The topological polar surface area (TPSA) is 69.6 Å². The molecular weight excluding hydrogens is 615 g/mol. The van der Waals surface area contributed by atoms with E-state index < -0.39 is 12.1 Å². The summed E-state index contributed by atoms with van der Waals surface area (Å²) in [6, 6.07) is -0.633. The molecule has 0 aliphatic rings. The summed E-state index contributed by atoms with van der Waals surface area (Å²) in [7, 11) is 0. The lowest BCUT2D eigenvalue weighted by atomic mass is 10.0. The Morgan fingerprint density at radius 3 is 1.16 bits per heavy atom. The molecular formula is C46H89NO3. The number of rotatable bonds is 41. The van der Waals surface area contributed by atoms with Crippen molar-refractivity contribution in [3.8, 4) is 0 Å². The van der Waals surface area contributed by atoms with Crippen molar-refractivity contribution >= 4 is 5.91 Å². The van der Waals surface area contributed by atoms with Crippen LogP contribution in [0.5, 0.6) is 0 Å². The van der Waals surface area contributed by atoms with Gasteiger partial charge in [-0.15, -0.1) is 0 Å². The summed E-state index contributed by atoms with van der Waals surface area (Å²) >= 11 is 0. The minimum absolute atomic E-state index is 0.0746. The van der Waals surface area contributed by atoms with Gasteiger partial charge in [-0.1, -0.05) is 231 Å². The minimum Gasteiger partial charge on any atom is -0.394 e. The first-order valence-electron chi connectivity index (χ1n) is 22.6. The number of amides is 1. The maximum Gasteiger partial charge on any atom is 0.220 e. The summed E-state index contributed by atoms with van der Waals surface area (Å²) in [5.74, 6) is -0.0746. The molecule has 0 aliphatic heterocycles. The zero-order chi connectivity index (χ0) is 36.4. The van der Waals surface area contributed by atoms with Crippen LogP contribution in [0.1, 0.15) is 245 Å². The van der Waals surface area contributed by atoms with Crippen molar-refractivity contribution in [1.29, 1.82) is 0 Å². The van der Waals surface area contributed by atoms with Crippen molar-refractivity contribution in [2.75, 3.05) is 6.61 Å². The quantitative estimate of drug-likeness (QED) is 0.0438. The highest BCUT2D eigenvalue weighted by atomic mass is 16.3. The number of allylic oxidation sites excluding steroid dienone is 3. The lowest BCUT2D eigenvalue weighted by Crippen LogP contribution is -2.45. The molecule has 4 heteroatoms. The second-order valence-corrected chi connectivity index (χ2v) is 15.5. The number of carbonyl (C=O) groups is 1. The van der Waals surface area contributed by atoms with Crippen molar-refractivity contribution in [2.24, 2.45) is 0 Å². The Kier molecular flexibility index (Phi) is 41.3. The van der Waals surface area contributed by atoms with Crippen LogP contribution in [-0.4, -0.2) is 34.9 Å². The molecule has 0 aromatic rings. The number of hydrogen-bond donors (Lipinski definition) is 3. The van der Waals surface area contributed by atoms with E-state index >= 15 is 0 Å². The fraction of sp³-hybridized carbons (Fsp3) is 0.891. The van der Waals surface area contributed by atoms with Gasteiger partial charge in [-0.2, -0.15) is 0 Å². The molecule has 0 aliphatic carbocycles. The normalized spacial score (nSPS) is 13.1. The molecule has 0 bridgehead atoms. The highest BCUT2D eigenvalue weighted by molar-refractivity contribution is 5.76. The molecule has 0 aromatic carbocycles. The molecule has 1 amide bonds. The van der Waals surface area contributed by atoms with Gasteiger partial charge in [0, 0.05) is 6.42 Å². The Morgan fingerprint density at radius 2 is 0.780 bits per heavy atom. The van der Waals surface area contributed by atoms with Crippen molar-refractivity contribution in [3.05, 3.63) is 24.3 Å². The smallest absolute Gasteiger partial charge is 0.220 e. The number of aliphatic hydroxyl groups is 2. The van der Waals surface area contributed by atoms with Crippen LogP contribution in [-0.2, 0) is 4.79 Å². The van der Waals surface area contributed by atoms with Crippen LogP contribution in [0.2, 0.25) is 0 Å². The van der Waals surface area contributed by atoms with Crippen LogP contribution >= 0.6 is 0 Å². The molecule has 50 heavy (non-hydrogen) atoms. The fourth-order valence-electron chi connectivity index (χ4n) is 6.96. The summed E-state index contributed by atoms with van der Waals surface area (Å²) in [5, 5.41) is 22.9. The van der Waals surface area contributed by atoms with E-state index in [1.54, 1.807) is 6.08 Å². The lowest BCUT2D eigenvalue weighted by Gasteiger charge is -2.19. The molecule has 2 atom stereocenters. The third-order valence-electron chi connectivity index (χ3n) is 10.4. The number of carbonyl (C=O) groups excluding carboxylic acids is 1. The van der Waals surface area contributed by atoms with Gasteiger partial charge in [0.2, 0.25) is 5.91 Å². The second kappa shape index (κ2) is 42.3. The SMILES string of the molecule is CCCCCCCCCCCCCCCCCCCCCCCC/C=C/CC/C=C/C(O)C(CO)NC(=O)CCCCCCCCCCCC. The number of aliphatic hydroxyl groups excluding tert-OH is 2. The van der Waals surface area contributed by atoms with Gasteiger partial charge in [0.05, 0.1) is 18.8 Å². The van der Waals surface area contributed by atoms with E-state index in [1.807, 2.05) is 6.08 Å². The van der Waals surface area contributed by atoms with Gasteiger partial charge in [-0.3, -0.25) is 4.79 Å². The Bertz CT molecular complexity index is 720. The monoisotopic (exact) mass is 704 g/mol. The number of hydrogen-bond acceptors (Lipinski definition) is 3. The average molecular weight is 704 g/mol. The van der Waals surface area contributed by atoms with Gasteiger partial charge in [0.25, 0.3) is 0 Å². The van der Waals surface area contributed by atoms with Gasteiger partial charge < -0.3 is 15.5 Å². The highest BCUT2D eigenvalue weighted by Gasteiger charge is 2.17. The molecule has 0 saturated heterocycles. The summed E-state index contributed by atoms with van der Waals surface area (Å²) < 4.78 is 0. The average Bonchev–Trinajstić information content (AvgIpc) is 3.12. The molecule has 3 N–H and O–H groups in total.